The van der Waals surface area contributed by atoms with Crippen LogP contribution in [0.2, 0.25) is 0 Å². The van der Waals surface area contributed by atoms with E-state index in [2.05, 4.69) is 0 Å². The molecule has 0 heterocycles. The minimum atomic E-state index is -1.92. The highest BCUT2D eigenvalue weighted by Crippen LogP contribution is 2.77. The number of hydrogen-bond donors (Lipinski definition) is 2. The van der Waals surface area contributed by atoms with Gasteiger partial charge in [-0.3, -0.25) is 14.4 Å². The van der Waals surface area contributed by atoms with Crippen LogP contribution in [0, 0.1) is 35.0 Å². The fraction of sp³-hybridized carbons (Fsp3) is 0.688. The molecule has 9 atom stereocenters. The lowest BCUT2D eigenvalue weighted by Gasteiger charge is -2.50. The molecule has 4 aliphatic carbocycles. The summed E-state index contributed by atoms with van der Waals surface area (Å²) < 4.78 is 17.4. The highest BCUT2D eigenvalue weighted by Gasteiger charge is 2.85. The first-order valence-corrected chi connectivity index (χ1v) is 14.6. The maximum atomic E-state index is 13.3. The molecule has 0 bridgehead atoms. The van der Waals surface area contributed by atoms with Crippen LogP contribution in [-0.4, -0.2) is 63.9 Å². The highest BCUT2D eigenvalue weighted by atomic mass is 16.6. The standard InChI is InChI=1S/C32H44O9/c1-9-17(3)27(35)40-16-29(8)25-23-12-22(15-39-21(7)33)14-30(37)24(11-19(5)26(30)34)32(23,38)20(6)13-31(25,29)41-28(36)18(4)10-2/h10-12,17,20,23-25,37-38H,9,13-16H2,1-8H3/b18-10-/t17?,20-,23+,24-,25-,29-,30-,31+,32-/m1/s1. The van der Waals surface area contributed by atoms with Crippen LogP contribution in [0.3, 0.4) is 0 Å². The van der Waals surface area contributed by atoms with Gasteiger partial charge in [-0.05, 0) is 50.7 Å². The van der Waals surface area contributed by atoms with Crippen molar-refractivity contribution < 1.29 is 43.6 Å². The Labute approximate surface area is 242 Å². The third kappa shape index (κ3) is 4.60. The second kappa shape index (κ2) is 10.5. The van der Waals surface area contributed by atoms with Gasteiger partial charge in [-0.2, -0.15) is 0 Å². The molecule has 2 saturated carbocycles. The third-order valence-corrected chi connectivity index (χ3v) is 10.5. The number of allylic oxidation sites excluding steroid dienone is 1. The lowest BCUT2D eigenvalue weighted by molar-refractivity contribution is -0.185. The monoisotopic (exact) mass is 572 g/mol. The fourth-order valence-corrected chi connectivity index (χ4v) is 7.70. The van der Waals surface area contributed by atoms with Crippen molar-refractivity contribution in [2.45, 2.75) is 91.5 Å². The maximum absolute atomic E-state index is 13.3. The van der Waals surface area contributed by atoms with Crippen molar-refractivity contribution in [3.63, 3.8) is 0 Å². The van der Waals surface area contributed by atoms with Gasteiger partial charge in [0.05, 0.1) is 11.5 Å². The highest BCUT2D eigenvalue weighted by molar-refractivity contribution is 6.04. The maximum Gasteiger partial charge on any atom is 0.333 e. The molecule has 1 unspecified atom stereocenters. The number of fused-ring (bicyclic) bond motifs is 5. The van der Waals surface area contributed by atoms with Crippen molar-refractivity contribution in [2.24, 2.45) is 35.0 Å². The number of Topliss-reactive ketones (excluding diaryl/α,β-unsaturated/α-hetero) is 1. The Morgan fingerprint density at radius 3 is 2.41 bits per heavy atom. The number of carbonyl (C=O) groups excluding carboxylic acids is 4. The van der Waals surface area contributed by atoms with Crippen LogP contribution in [0.25, 0.3) is 0 Å². The topological polar surface area (TPSA) is 136 Å². The third-order valence-electron chi connectivity index (χ3n) is 10.5. The number of ketones is 1. The largest absolute Gasteiger partial charge is 0.465 e. The summed E-state index contributed by atoms with van der Waals surface area (Å²) in [5, 5.41) is 24.6. The molecular weight excluding hydrogens is 528 g/mol. The summed E-state index contributed by atoms with van der Waals surface area (Å²) in [7, 11) is 0. The van der Waals surface area contributed by atoms with Crippen LogP contribution < -0.4 is 0 Å². The number of ether oxygens (including phenoxy) is 3. The molecular formula is C32H44O9. The zero-order valence-corrected chi connectivity index (χ0v) is 25.4. The molecule has 0 aromatic heterocycles. The SMILES string of the molecule is C/C=C(/C)C(=O)O[C@@]12C[C@@H](C)[C@@]3(O)[C@@H](C=C(COC(C)=O)C[C@]4(O)C(=O)C(C)=C[C@@H]34)[C@@H]1[C@@]2(C)COC(=O)C(C)CC. The molecule has 2 fully saturated rings. The average molecular weight is 573 g/mol. The minimum Gasteiger partial charge on any atom is -0.465 e. The Balaban J connectivity index is 1.86. The van der Waals surface area contributed by atoms with E-state index in [0.717, 1.165) is 0 Å². The zero-order valence-electron chi connectivity index (χ0n) is 25.4. The number of esters is 3. The Morgan fingerprint density at radius 2 is 1.83 bits per heavy atom. The Bertz CT molecular complexity index is 1250. The normalized spacial score (nSPS) is 40.1. The molecule has 4 rings (SSSR count). The average Bonchev–Trinajstić information content (AvgIpc) is 3.37. The smallest absolute Gasteiger partial charge is 0.333 e. The Morgan fingerprint density at radius 1 is 1.17 bits per heavy atom. The molecule has 9 nitrogen and oxygen atoms in total. The van der Waals surface area contributed by atoms with Gasteiger partial charge in [0.25, 0.3) is 0 Å². The lowest BCUT2D eigenvalue weighted by Crippen LogP contribution is -2.61. The summed E-state index contributed by atoms with van der Waals surface area (Å²) >= 11 is 0. The van der Waals surface area contributed by atoms with E-state index in [1.165, 1.54) is 6.92 Å². The minimum absolute atomic E-state index is 0.0296. The van der Waals surface area contributed by atoms with Gasteiger partial charge in [0.1, 0.15) is 24.4 Å². The Hall–Kier alpha value is -2.78. The summed E-state index contributed by atoms with van der Waals surface area (Å²) in [5.74, 6) is -4.83. The molecule has 2 N–H and O–H groups in total. The molecule has 0 aliphatic heterocycles. The van der Waals surface area contributed by atoms with Crippen LogP contribution in [0.4, 0.5) is 0 Å². The molecule has 0 saturated heterocycles. The van der Waals surface area contributed by atoms with E-state index in [1.54, 1.807) is 45.9 Å². The summed E-state index contributed by atoms with van der Waals surface area (Å²) in [5.41, 5.74) is -4.18. The van der Waals surface area contributed by atoms with E-state index < -0.39 is 63.6 Å². The number of aliphatic hydroxyl groups is 2. The quantitative estimate of drug-likeness (QED) is 0.193. The van der Waals surface area contributed by atoms with Crippen LogP contribution in [0.1, 0.15) is 74.7 Å². The second-order valence-corrected chi connectivity index (χ2v) is 12.9. The molecule has 0 radical (unpaired) electrons. The number of rotatable bonds is 8. The van der Waals surface area contributed by atoms with E-state index in [1.807, 2.05) is 20.8 Å². The predicted molar refractivity (Wildman–Crippen MR) is 149 cm³/mol. The van der Waals surface area contributed by atoms with Crippen LogP contribution in [0.15, 0.2) is 34.9 Å². The lowest BCUT2D eigenvalue weighted by atomic mass is 9.60. The molecule has 0 spiro atoms. The van der Waals surface area contributed by atoms with E-state index in [-0.39, 0.29) is 37.9 Å². The van der Waals surface area contributed by atoms with Gasteiger partial charge in [-0.1, -0.05) is 45.9 Å². The van der Waals surface area contributed by atoms with Crippen LogP contribution in [-0.2, 0) is 33.4 Å². The van der Waals surface area contributed by atoms with Gasteiger partial charge in [-0.25, -0.2) is 4.79 Å². The van der Waals surface area contributed by atoms with Crippen molar-refractivity contribution in [3.8, 4) is 0 Å². The number of hydrogen-bond acceptors (Lipinski definition) is 9. The van der Waals surface area contributed by atoms with Crippen molar-refractivity contribution in [3.05, 3.63) is 34.9 Å². The first kappa shape index (κ1) is 31.2. The van der Waals surface area contributed by atoms with Crippen molar-refractivity contribution in [2.75, 3.05) is 13.2 Å². The van der Waals surface area contributed by atoms with Gasteiger partial charge < -0.3 is 24.4 Å². The van der Waals surface area contributed by atoms with E-state index in [0.29, 0.717) is 23.1 Å². The van der Waals surface area contributed by atoms with Crippen molar-refractivity contribution >= 4 is 23.7 Å². The van der Waals surface area contributed by atoms with Gasteiger partial charge in [-0.15, -0.1) is 0 Å². The van der Waals surface area contributed by atoms with E-state index >= 15 is 0 Å². The molecule has 226 valence electrons. The Kier molecular flexibility index (Phi) is 7.97. The van der Waals surface area contributed by atoms with E-state index in [9.17, 15) is 29.4 Å². The van der Waals surface area contributed by atoms with E-state index in [4.69, 9.17) is 14.2 Å². The summed E-state index contributed by atoms with van der Waals surface area (Å²) in [6.45, 7) is 13.5. The second-order valence-electron chi connectivity index (χ2n) is 12.9. The van der Waals surface area contributed by atoms with Crippen LogP contribution >= 0.6 is 0 Å². The summed E-state index contributed by atoms with van der Waals surface area (Å²) in [6.07, 6.45) is 5.86. The van der Waals surface area contributed by atoms with Gasteiger partial charge in [0.15, 0.2) is 5.78 Å². The molecule has 0 aromatic rings. The van der Waals surface area contributed by atoms with Gasteiger partial charge in [0, 0.05) is 42.1 Å². The molecule has 9 heteroatoms. The molecule has 41 heavy (non-hydrogen) atoms. The summed E-state index contributed by atoms with van der Waals surface area (Å²) in [6, 6.07) is 0. The molecule has 4 aliphatic rings. The van der Waals surface area contributed by atoms with Gasteiger partial charge in [0.2, 0.25) is 0 Å². The fourth-order valence-electron chi connectivity index (χ4n) is 7.70. The first-order valence-electron chi connectivity index (χ1n) is 14.6. The molecule has 0 amide bonds. The van der Waals surface area contributed by atoms with Gasteiger partial charge >= 0.3 is 17.9 Å². The van der Waals surface area contributed by atoms with Crippen molar-refractivity contribution in [1.82, 2.24) is 0 Å². The number of carbonyl (C=O) groups is 4. The van der Waals surface area contributed by atoms with Crippen molar-refractivity contribution in [1.29, 1.82) is 0 Å². The predicted octanol–water partition coefficient (Wildman–Crippen LogP) is 3.62. The zero-order chi connectivity index (χ0) is 30.7. The van der Waals surface area contributed by atoms with Crippen LogP contribution in [0.5, 0.6) is 0 Å². The molecule has 0 aromatic carbocycles. The summed E-state index contributed by atoms with van der Waals surface area (Å²) in [4.78, 5) is 51.0. The first-order chi connectivity index (χ1) is 19.0.